The molecule has 1 aromatic carbocycles. The Kier molecular flexibility index (Phi) is 1.41. The summed E-state index contributed by atoms with van der Waals surface area (Å²) < 4.78 is 2.38. The number of benzene rings is 1. The van der Waals surface area contributed by atoms with Crippen LogP contribution in [0.25, 0.3) is 5.69 Å². The van der Waals surface area contributed by atoms with Crippen LogP contribution in [-0.2, 0) is 6.42 Å². The molecular weight excluding hydrogens is 170 g/mol. The van der Waals surface area contributed by atoms with Crippen LogP contribution >= 0.6 is 0 Å². The molecule has 1 nitrogen and oxygen atoms in total. The molecule has 2 heterocycles. The minimum atomic E-state index is 1.09. The first-order chi connectivity index (χ1) is 6.77. The zero-order valence-corrected chi connectivity index (χ0v) is 8.54. The molecule has 0 spiro atoms. The van der Waals surface area contributed by atoms with Crippen molar-refractivity contribution in [2.45, 2.75) is 20.3 Å². The Morgan fingerprint density at radius 1 is 1.14 bits per heavy atom. The second-order valence-corrected chi connectivity index (χ2v) is 4.04. The van der Waals surface area contributed by atoms with Crippen LogP contribution in [0.5, 0.6) is 0 Å². The Labute approximate surface area is 84.0 Å². The normalized spacial score (nSPS) is 12.7. The Morgan fingerprint density at radius 2 is 1.93 bits per heavy atom. The van der Waals surface area contributed by atoms with Crippen molar-refractivity contribution in [3.05, 3.63) is 52.8 Å². The molecule has 14 heavy (non-hydrogen) atoms. The molecule has 1 heteroatoms. The van der Waals surface area contributed by atoms with E-state index in [0.717, 1.165) is 6.42 Å². The van der Waals surface area contributed by atoms with Crippen molar-refractivity contribution in [2.24, 2.45) is 0 Å². The maximum Gasteiger partial charge on any atom is 0.0491 e. The van der Waals surface area contributed by atoms with Crippen molar-refractivity contribution < 1.29 is 0 Å². The average molecular weight is 183 g/mol. The molecule has 0 bridgehead atoms. The van der Waals surface area contributed by atoms with Crippen molar-refractivity contribution in [1.82, 2.24) is 4.57 Å². The Morgan fingerprint density at radius 3 is 2.79 bits per heavy atom. The fourth-order valence-corrected chi connectivity index (χ4v) is 2.35. The lowest BCUT2D eigenvalue weighted by molar-refractivity contribution is 0.990. The third kappa shape index (κ3) is 0.844. The van der Waals surface area contributed by atoms with E-state index in [0.29, 0.717) is 0 Å². The Hall–Kier alpha value is -1.50. The summed E-state index contributed by atoms with van der Waals surface area (Å²) in [5.41, 5.74) is 7.03. The van der Waals surface area contributed by atoms with E-state index in [1.807, 2.05) is 0 Å². The number of rotatable bonds is 0. The number of hydrogen-bond acceptors (Lipinski definition) is 0. The van der Waals surface area contributed by atoms with Gasteiger partial charge < -0.3 is 4.57 Å². The predicted molar refractivity (Wildman–Crippen MR) is 58.0 cm³/mol. The van der Waals surface area contributed by atoms with Gasteiger partial charge >= 0.3 is 0 Å². The summed E-state index contributed by atoms with van der Waals surface area (Å²) in [6.45, 7) is 4.38. The molecule has 0 amide bonds. The lowest BCUT2D eigenvalue weighted by Crippen LogP contribution is -1.94. The van der Waals surface area contributed by atoms with Crippen LogP contribution < -0.4 is 0 Å². The first-order valence-electron chi connectivity index (χ1n) is 5.03. The van der Waals surface area contributed by atoms with E-state index in [9.17, 15) is 0 Å². The number of aromatic nitrogens is 1. The molecule has 0 fully saturated rings. The molecule has 0 saturated carbocycles. The number of para-hydroxylation sites is 1. The van der Waals surface area contributed by atoms with Gasteiger partial charge in [-0.1, -0.05) is 18.2 Å². The maximum absolute atomic E-state index is 2.38. The molecule has 0 N–H and O–H groups in total. The van der Waals surface area contributed by atoms with Crippen LogP contribution in [0.1, 0.15) is 22.5 Å². The molecule has 0 aliphatic carbocycles. The van der Waals surface area contributed by atoms with Crippen LogP contribution in [0, 0.1) is 13.8 Å². The van der Waals surface area contributed by atoms with Gasteiger partial charge in [0.25, 0.3) is 0 Å². The molecule has 0 radical (unpaired) electrons. The smallest absolute Gasteiger partial charge is 0.0491 e. The minimum absolute atomic E-state index is 1.09. The Bertz CT molecular complexity index is 506. The first kappa shape index (κ1) is 7.86. The van der Waals surface area contributed by atoms with E-state index < -0.39 is 0 Å². The largest absolute Gasteiger partial charge is 0.317 e. The summed E-state index contributed by atoms with van der Waals surface area (Å²) in [5, 5.41) is 0. The fraction of sp³-hybridized carbons (Fsp3) is 0.231. The molecule has 0 unspecified atom stereocenters. The molecule has 1 aliphatic heterocycles. The van der Waals surface area contributed by atoms with Crippen LogP contribution in [-0.4, -0.2) is 4.57 Å². The van der Waals surface area contributed by atoms with Crippen molar-refractivity contribution in [2.75, 3.05) is 0 Å². The number of hydrogen-bond donors (Lipinski definition) is 0. The highest BCUT2D eigenvalue weighted by Crippen LogP contribution is 2.31. The van der Waals surface area contributed by atoms with Gasteiger partial charge in [-0.05, 0) is 37.1 Å². The summed E-state index contributed by atoms with van der Waals surface area (Å²) in [7, 11) is 0. The summed E-state index contributed by atoms with van der Waals surface area (Å²) in [6.07, 6.45) is 1.09. The monoisotopic (exact) mass is 183 g/mol. The van der Waals surface area contributed by atoms with E-state index in [1.165, 1.54) is 28.2 Å². The average Bonchev–Trinajstić information content (AvgIpc) is 2.65. The molecule has 1 aromatic heterocycles. The quantitative estimate of drug-likeness (QED) is 0.505. The van der Waals surface area contributed by atoms with Gasteiger partial charge in [-0.3, -0.25) is 0 Å². The number of nitrogens with zero attached hydrogens (tertiary/aromatic N) is 1. The highest BCUT2D eigenvalue weighted by molar-refractivity contribution is 5.53. The van der Waals surface area contributed by atoms with Crippen LogP contribution in [0.15, 0.2) is 30.3 Å². The van der Waals surface area contributed by atoms with Gasteiger partial charge in [0.2, 0.25) is 0 Å². The highest BCUT2D eigenvalue weighted by atomic mass is 15.0. The number of aryl methyl sites for hydroxylation is 1. The molecule has 3 rings (SSSR count). The Balaban J connectivity index is 2.34. The second-order valence-electron chi connectivity index (χ2n) is 4.04. The van der Waals surface area contributed by atoms with Crippen molar-refractivity contribution in [1.29, 1.82) is 0 Å². The lowest BCUT2D eigenvalue weighted by atomic mass is 10.1. The maximum atomic E-state index is 2.38. The molecular formula is C13H13N. The van der Waals surface area contributed by atoms with Gasteiger partial charge in [0.1, 0.15) is 0 Å². The topological polar surface area (TPSA) is 4.93 Å². The van der Waals surface area contributed by atoms with Gasteiger partial charge in [0, 0.05) is 23.5 Å². The van der Waals surface area contributed by atoms with E-state index in [1.54, 1.807) is 0 Å². The zero-order chi connectivity index (χ0) is 9.71. The van der Waals surface area contributed by atoms with Gasteiger partial charge in [-0.15, -0.1) is 0 Å². The molecule has 0 saturated heterocycles. The third-order valence-electron chi connectivity index (χ3n) is 3.18. The predicted octanol–water partition coefficient (Wildman–Crippen LogP) is 3.00. The fourth-order valence-electron chi connectivity index (χ4n) is 2.35. The van der Waals surface area contributed by atoms with Crippen molar-refractivity contribution >= 4 is 0 Å². The van der Waals surface area contributed by atoms with Gasteiger partial charge in [-0.2, -0.15) is 0 Å². The highest BCUT2D eigenvalue weighted by Gasteiger charge is 2.19. The van der Waals surface area contributed by atoms with Crippen LogP contribution in [0.4, 0.5) is 0 Å². The summed E-state index contributed by atoms with van der Waals surface area (Å²) in [6, 6.07) is 11.0. The lowest BCUT2D eigenvalue weighted by Gasteiger charge is -2.05. The molecule has 70 valence electrons. The number of fused-ring (bicyclic) bond motifs is 3. The van der Waals surface area contributed by atoms with Gasteiger partial charge in [0.15, 0.2) is 0 Å². The van der Waals surface area contributed by atoms with E-state index in [-0.39, 0.29) is 0 Å². The SMILES string of the molecule is Cc1cc2n(c1C)-c1ccccc1C2. The third-order valence-corrected chi connectivity index (χ3v) is 3.18. The molecule has 1 aliphatic rings. The van der Waals surface area contributed by atoms with E-state index in [2.05, 4.69) is 48.7 Å². The summed E-state index contributed by atoms with van der Waals surface area (Å²) in [5.74, 6) is 0. The van der Waals surface area contributed by atoms with Gasteiger partial charge in [-0.25, -0.2) is 0 Å². The van der Waals surface area contributed by atoms with Crippen molar-refractivity contribution in [3.8, 4) is 5.69 Å². The summed E-state index contributed by atoms with van der Waals surface area (Å²) >= 11 is 0. The van der Waals surface area contributed by atoms with Crippen LogP contribution in [0.2, 0.25) is 0 Å². The van der Waals surface area contributed by atoms with Crippen LogP contribution in [0.3, 0.4) is 0 Å². The second kappa shape index (κ2) is 2.50. The van der Waals surface area contributed by atoms with E-state index in [4.69, 9.17) is 0 Å². The standard InChI is InChI=1S/C13H13N/c1-9-7-12-8-11-5-3-4-6-13(11)14(12)10(9)2/h3-7H,8H2,1-2H3. The zero-order valence-electron chi connectivity index (χ0n) is 8.54. The first-order valence-corrected chi connectivity index (χ1v) is 5.03. The minimum Gasteiger partial charge on any atom is -0.317 e. The molecule has 0 atom stereocenters. The summed E-state index contributed by atoms with van der Waals surface area (Å²) in [4.78, 5) is 0. The molecule has 2 aromatic rings. The van der Waals surface area contributed by atoms with E-state index >= 15 is 0 Å². The van der Waals surface area contributed by atoms with Crippen molar-refractivity contribution in [3.63, 3.8) is 0 Å². The van der Waals surface area contributed by atoms with Gasteiger partial charge in [0.05, 0.1) is 0 Å².